The second kappa shape index (κ2) is 8.96. The Hall–Kier alpha value is -2.06. The second-order valence-corrected chi connectivity index (χ2v) is 8.27. The van der Waals surface area contributed by atoms with Crippen molar-refractivity contribution in [1.82, 2.24) is 19.5 Å². The van der Waals surface area contributed by atoms with Gasteiger partial charge < -0.3 is 16.0 Å². The quantitative estimate of drug-likeness (QED) is 0.644. The second-order valence-electron chi connectivity index (χ2n) is 6.85. The number of piperidine rings is 1. The number of likely N-dealkylation sites (tertiary alicyclic amines) is 1. The van der Waals surface area contributed by atoms with Crippen molar-refractivity contribution in [1.29, 1.82) is 0 Å². The van der Waals surface area contributed by atoms with Crippen LogP contribution in [0.2, 0.25) is 0 Å². The summed E-state index contributed by atoms with van der Waals surface area (Å²) in [6.07, 6.45) is 7.47. The van der Waals surface area contributed by atoms with Crippen molar-refractivity contribution < 1.29 is 4.79 Å². The number of anilines is 1. The van der Waals surface area contributed by atoms with Crippen LogP contribution in [0.15, 0.2) is 33.9 Å². The number of fused-ring (bicyclic) bond motifs is 1. The molecule has 3 heterocycles. The van der Waals surface area contributed by atoms with Gasteiger partial charge in [-0.25, -0.2) is 9.78 Å². The van der Waals surface area contributed by atoms with E-state index in [-0.39, 0.29) is 6.03 Å². The van der Waals surface area contributed by atoms with Crippen molar-refractivity contribution in [3.05, 3.63) is 39.6 Å². The smallest absolute Gasteiger partial charge is 0.314 e. The number of nitrogens with zero attached hydrogens (tertiary/aromatic N) is 4. The molecule has 0 bridgehead atoms. The van der Waals surface area contributed by atoms with Gasteiger partial charge in [-0.2, -0.15) is 9.61 Å². The molecule has 1 aliphatic rings. The predicted octanol–water partition coefficient (Wildman–Crippen LogP) is 4.24. The van der Waals surface area contributed by atoms with E-state index in [1.54, 1.807) is 15.6 Å². The molecule has 28 heavy (non-hydrogen) atoms. The zero-order valence-electron chi connectivity index (χ0n) is 16.0. The number of nitrogens with two attached hydrogens (primary N) is 1. The third-order valence-corrected chi connectivity index (χ3v) is 5.67. The van der Waals surface area contributed by atoms with Crippen LogP contribution in [0.5, 0.6) is 0 Å². The highest BCUT2D eigenvalue weighted by molar-refractivity contribution is 9.10. The van der Waals surface area contributed by atoms with Gasteiger partial charge in [-0.3, -0.25) is 0 Å². The molecule has 3 rings (SSSR count). The predicted molar refractivity (Wildman–Crippen MR) is 116 cm³/mol. The minimum atomic E-state index is -0.340. The van der Waals surface area contributed by atoms with Gasteiger partial charge in [0.25, 0.3) is 0 Å². The molecule has 0 saturated carbocycles. The van der Waals surface area contributed by atoms with Crippen molar-refractivity contribution in [3.8, 4) is 0 Å². The lowest BCUT2D eigenvalue weighted by atomic mass is 9.97. The standard InChI is InChI=1S/C19H24BrClN6O/c1-3-4-14(12(2)21)16-9-17(27-18(25-16)15(20)11-24-27)23-10-13-5-7-26(8-6-13)19(22)28/h3-4,9,11,13,23H,5-8,10H2,1-2H3,(H2,22,28)/b4-3-,14-12-. The van der Waals surface area contributed by atoms with E-state index < -0.39 is 0 Å². The molecular formula is C19H24BrClN6O. The molecule has 0 unspecified atom stereocenters. The number of nitrogens with one attached hydrogen (secondary N) is 1. The van der Waals surface area contributed by atoms with Gasteiger partial charge in [0.1, 0.15) is 5.82 Å². The molecule has 7 nitrogen and oxygen atoms in total. The molecule has 3 N–H and O–H groups in total. The topological polar surface area (TPSA) is 88.5 Å². The van der Waals surface area contributed by atoms with Gasteiger partial charge in [0.15, 0.2) is 5.65 Å². The van der Waals surface area contributed by atoms with Crippen LogP contribution < -0.4 is 11.1 Å². The first-order valence-corrected chi connectivity index (χ1v) is 10.4. The molecule has 0 radical (unpaired) electrons. The van der Waals surface area contributed by atoms with Crippen LogP contribution in [0.1, 0.15) is 32.4 Å². The highest BCUT2D eigenvalue weighted by atomic mass is 79.9. The summed E-state index contributed by atoms with van der Waals surface area (Å²) in [6.45, 7) is 5.99. The number of aromatic nitrogens is 3. The summed E-state index contributed by atoms with van der Waals surface area (Å²) < 4.78 is 2.60. The lowest BCUT2D eigenvalue weighted by molar-refractivity contribution is 0.181. The number of hydrogen-bond donors (Lipinski definition) is 2. The number of allylic oxidation sites excluding steroid dienone is 4. The fraction of sp³-hybridized carbons (Fsp3) is 0.421. The lowest BCUT2D eigenvalue weighted by Crippen LogP contribution is -2.42. The van der Waals surface area contributed by atoms with Crippen molar-refractivity contribution in [2.45, 2.75) is 26.7 Å². The molecule has 0 spiro atoms. The van der Waals surface area contributed by atoms with E-state index in [0.717, 1.165) is 46.6 Å². The lowest BCUT2D eigenvalue weighted by Gasteiger charge is -2.31. The maximum absolute atomic E-state index is 11.3. The number of hydrogen-bond acceptors (Lipinski definition) is 4. The van der Waals surface area contributed by atoms with Gasteiger partial charge in [0.2, 0.25) is 0 Å². The maximum Gasteiger partial charge on any atom is 0.314 e. The molecule has 1 fully saturated rings. The van der Waals surface area contributed by atoms with E-state index in [4.69, 9.17) is 22.3 Å². The van der Waals surface area contributed by atoms with Crippen molar-refractivity contribution in [3.63, 3.8) is 0 Å². The van der Waals surface area contributed by atoms with Crippen LogP contribution in [0, 0.1) is 5.92 Å². The molecule has 0 aromatic carbocycles. The highest BCUT2D eigenvalue weighted by Crippen LogP contribution is 2.27. The normalized spacial score (nSPS) is 16.6. The summed E-state index contributed by atoms with van der Waals surface area (Å²) in [5.41, 5.74) is 7.74. The Balaban J connectivity index is 1.84. The number of amides is 2. The van der Waals surface area contributed by atoms with Crippen LogP contribution in [-0.4, -0.2) is 45.2 Å². The molecule has 0 aliphatic carbocycles. The first-order chi connectivity index (χ1) is 13.4. The van der Waals surface area contributed by atoms with Gasteiger partial charge in [-0.1, -0.05) is 23.8 Å². The Kier molecular flexibility index (Phi) is 6.61. The first-order valence-electron chi connectivity index (χ1n) is 9.22. The summed E-state index contributed by atoms with van der Waals surface area (Å²) in [5, 5.41) is 8.60. The van der Waals surface area contributed by atoms with E-state index >= 15 is 0 Å². The van der Waals surface area contributed by atoms with Crippen LogP contribution in [0.3, 0.4) is 0 Å². The fourth-order valence-electron chi connectivity index (χ4n) is 3.35. The molecule has 1 aliphatic heterocycles. The maximum atomic E-state index is 11.3. The molecule has 2 amide bonds. The van der Waals surface area contributed by atoms with Crippen LogP contribution in [0.4, 0.5) is 10.6 Å². The Morgan fingerprint density at radius 2 is 2.18 bits per heavy atom. The van der Waals surface area contributed by atoms with E-state index in [1.165, 1.54) is 0 Å². The van der Waals surface area contributed by atoms with E-state index in [0.29, 0.717) is 24.0 Å². The third kappa shape index (κ3) is 4.50. The molecule has 2 aromatic rings. The summed E-state index contributed by atoms with van der Waals surface area (Å²) in [7, 11) is 0. The summed E-state index contributed by atoms with van der Waals surface area (Å²) in [6, 6.07) is 1.62. The Bertz CT molecular complexity index is 926. The average molecular weight is 468 g/mol. The van der Waals surface area contributed by atoms with Crippen molar-refractivity contribution in [2.24, 2.45) is 11.7 Å². The van der Waals surface area contributed by atoms with E-state index in [9.17, 15) is 4.79 Å². The van der Waals surface area contributed by atoms with Crippen LogP contribution in [0.25, 0.3) is 11.2 Å². The SMILES string of the molecule is C/C=C\C(=C(/C)Cl)c1cc(NCC2CCN(C(N)=O)CC2)n2ncc(Br)c2n1. The number of halogens is 2. The summed E-state index contributed by atoms with van der Waals surface area (Å²) in [5.74, 6) is 1.31. The van der Waals surface area contributed by atoms with Gasteiger partial charge in [0, 0.05) is 36.3 Å². The van der Waals surface area contributed by atoms with E-state index in [1.807, 2.05) is 32.1 Å². The molecule has 2 aromatic heterocycles. The molecule has 0 atom stereocenters. The van der Waals surface area contributed by atoms with Gasteiger partial charge in [-0.05, 0) is 48.5 Å². The van der Waals surface area contributed by atoms with Crippen LogP contribution in [-0.2, 0) is 0 Å². The summed E-state index contributed by atoms with van der Waals surface area (Å²) in [4.78, 5) is 17.7. The highest BCUT2D eigenvalue weighted by Gasteiger charge is 2.21. The number of urea groups is 1. The summed E-state index contributed by atoms with van der Waals surface area (Å²) >= 11 is 9.82. The minimum absolute atomic E-state index is 0.340. The number of rotatable bonds is 5. The fourth-order valence-corrected chi connectivity index (χ4v) is 3.86. The Labute approximate surface area is 177 Å². The van der Waals surface area contributed by atoms with Gasteiger partial charge in [-0.15, -0.1) is 0 Å². The molecule has 150 valence electrons. The van der Waals surface area contributed by atoms with Gasteiger partial charge >= 0.3 is 6.03 Å². The molecular weight excluding hydrogens is 444 g/mol. The zero-order valence-corrected chi connectivity index (χ0v) is 18.3. The largest absolute Gasteiger partial charge is 0.370 e. The number of primary amides is 1. The number of carbonyl (C=O) groups excluding carboxylic acids is 1. The monoisotopic (exact) mass is 466 g/mol. The molecule has 1 saturated heterocycles. The van der Waals surface area contributed by atoms with Crippen LogP contribution >= 0.6 is 27.5 Å². The van der Waals surface area contributed by atoms with E-state index in [2.05, 4.69) is 26.3 Å². The zero-order chi connectivity index (χ0) is 20.3. The third-order valence-electron chi connectivity index (χ3n) is 4.91. The van der Waals surface area contributed by atoms with Gasteiger partial charge in [0.05, 0.1) is 16.4 Å². The van der Waals surface area contributed by atoms with Crippen molar-refractivity contribution >= 4 is 50.6 Å². The minimum Gasteiger partial charge on any atom is -0.370 e. The first kappa shape index (κ1) is 20.7. The molecule has 9 heteroatoms. The number of carbonyl (C=O) groups is 1. The Morgan fingerprint density at radius 1 is 1.46 bits per heavy atom. The van der Waals surface area contributed by atoms with Crippen molar-refractivity contribution in [2.75, 3.05) is 25.0 Å². The Morgan fingerprint density at radius 3 is 2.79 bits per heavy atom. The average Bonchev–Trinajstić information content (AvgIpc) is 3.05.